The first-order valence-corrected chi connectivity index (χ1v) is 25.0. The van der Waals surface area contributed by atoms with E-state index in [0.29, 0.717) is 9.54 Å². The number of rotatable bonds is 7. The van der Waals surface area contributed by atoms with Gasteiger partial charge in [-0.15, -0.1) is 24.8 Å². The van der Waals surface area contributed by atoms with Crippen molar-refractivity contribution in [2.24, 2.45) is 5.92 Å². The van der Waals surface area contributed by atoms with E-state index in [4.69, 9.17) is 0 Å². The molecule has 0 saturated heterocycles. The summed E-state index contributed by atoms with van der Waals surface area (Å²) in [4.78, 5) is 0. The Balaban J connectivity index is 0.00000216. The molecule has 0 aliphatic heterocycles. The zero-order chi connectivity index (χ0) is 24.0. The summed E-state index contributed by atoms with van der Waals surface area (Å²) in [6.07, 6.45) is 5.17. The average Bonchev–Trinajstić information content (AvgIpc) is 3.24. The van der Waals surface area contributed by atoms with E-state index < -0.39 is 17.4 Å². The molecule has 0 amide bonds. The monoisotopic (exact) mass is 604 g/mol. The van der Waals surface area contributed by atoms with Crippen LogP contribution in [-0.4, -0.2) is 6.88 Å². The Bertz CT molecular complexity index is 1240. The van der Waals surface area contributed by atoms with Crippen molar-refractivity contribution in [1.82, 2.24) is 0 Å². The fourth-order valence-corrected chi connectivity index (χ4v) is 41.1. The van der Waals surface area contributed by atoms with Gasteiger partial charge in [-0.05, 0) is 0 Å². The molecule has 0 saturated carbocycles. The van der Waals surface area contributed by atoms with Crippen LogP contribution in [0.1, 0.15) is 76.1 Å². The molecular weight excluding hydrogens is 563 g/mol. The first-order valence-electron chi connectivity index (χ1n) is 13.0. The molecule has 190 valence electrons. The van der Waals surface area contributed by atoms with Crippen LogP contribution >= 0.6 is 24.8 Å². The summed E-state index contributed by atoms with van der Waals surface area (Å²) in [7, 11) is 0. The van der Waals surface area contributed by atoms with Crippen LogP contribution in [0.3, 0.4) is 0 Å². The fourth-order valence-electron chi connectivity index (χ4n) is 7.96. The maximum absolute atomic E-state index is 3.51. The largest absolute Gasteiger partial charge is 0.147 e. The molecule has 0 radical (unpaired) electrons. The van der Waals surface area contributed by atoms with Crippen LogP contribution in [0.5, 0.6) is 0 Å². The van der Waals surface area contributed by atoms with Crippen LogP contribution in [0.2, 0.25) is 8.26 Å². The number of fused-ring (bicyclic) bond motifs is 1. The normalized spacial score (nSPS) is 19.8. The van der Waals surface area contributed by atoms with Crippen LogP contribution in [0.4, 0.5) is 0 Å². The van der Waals surface area contributed by atoms with E-state index >= 15 is 0 Å². The van der Waals surface area contributed by atoms with Gasteiger partial charge in [0.1, 0.15) is 0 Å². The van der Waals surface area contributed by atoms with Crippen molar-refractivity contribution in [2.45, 2.75) is 73.2 Å². The van der Waals surface area contributed by atoms with E-state index in [1.165, 1.54) is 37.8 Å². The van der Waals surface area contributed by atoms with E-state index in [1.54, 1.807) is 27.9 Å². The van der Waals surface area contributed by atoms with Crippen LogP contribution in [-0.2, 0) is 17.4 Å². The summed E-state index contributed by atoms with van der Waals surface area (Å²) in [5.74, 6) is 0.611. The summed E-state index contributed by atoms with van der Waals surface area (Å²) in [5.41, 5.74) is 12.4. The standard InChI is InChI=1S/C16H13.C9H13.2C3H7.2ClH.H2Si.Zr/c1-12-10-14-8-5-9-15(16(14)11-12)13-6-3-2-4-7-13;1-6-5-7(2)9(4)8(6)3;2*1-3-2;;;;/h2-11H,1H3;6H,1-4H3;2*1,3H2,2H3;2*1H;1H2;. The third-order valence-corrected chi connectivity index (χ3v) is 37.8. The molecule has 4 heteroatoms. The van der Waals surface area contributed by atoms with Gasteiger partial charge in [-0.3, -0.25) is 0 Å². The van der Waals surface area contributed by atoms with Crippen molar-refractivity contribution in [1.29, 1.82) is 0 Å². The molecule has 0 spiro atoms. The first kappa shape index (κ1) is 30.6. The topological polar surface area (TPSA) is 0 Å². The van der Waals surface area contributed by atoms with Gasteiger partial charge in [0.15, 0.2) is 0 Å². The minimum Gasteiger partial charge on any atom is -0.147 e. The van der Waals surface area contributed by atoms with E-state index in [9.17, 15) is 0 Å². The molecule has 2 unspecified atom stereocenters. The Morgan fingerprint density at radius 3 is 1.91 bits per heavy atom. The molecule has 0 aromatic heterocycles. The molecule has 35 heavy (non-hydrogen) atoms. The smallest absolute Gasteiger partial charge is 0.147 e. The molecule has 2 aliphatic carbocycles. The SMILES string of the molecule is CC[CH2][Zr](=[SiH2])([CH2]CC)([C]1=C(C)C(C)=C(C)C1C)[CH]1C(C)=Cc2c(-c3ccccc3)cccc21.Cl.Cl. The molecule has 2 aromatic carbocycles. The van der Waals surface area contributed by atoms with Gasteiger partial charge < -0.3 is 0 Å². The average molecular weight is 607 g/mol. The van der Waals surface area contributed by atoms with Gasteiger partial charge in [-0.2, -0.15) is 0 Å². The molecule has 0 N–H and O–H groups in total. The van der Waals surface area contributed by atoms with Crippen LogP contribution in [0.15, 0.2) is 74.1 Å². The second kappa shape index (κ2) is 11.4. The number of benzene rings is 2. The Morgan fingerprint density at radius 1 is 0.800 bits per heavy atom. The fraction of sp³-hybridized carbons (Fsp3) is 0.419. The van der Waals surface area contributed by atoms with E-state index in [-0.39, 0.29) is 24.8 Å². The molecular formula is C31H44Cl2SiZr. The molecule has 0 bridgehead atoms. The molecule has 2 atom stereocenters. The van der Waals surface area contributed by atoms with Crippen molar-refractivity contribution in [3.63, 3.8) is 0 Å². The Labute approximate surface area is 229 Å². The molecule has 2 aromatic rings. The van der Waals surface area contributed by atoms with Crippen molar-refractivity contribution >= 4 is 37.8 Å². The van der Waals surface area contributed by atoms with Crippen LogP contribution in [0, 0.1) is 5.92 Å². The minimum atomic E-state index is -3.51. The van der Waals surface area contributed by atoms with Crippen molar-refractivity contribution in [3.8, 4) is 11.1 Å². The van der Waals surface area contributed by atoms with Crippen LogP contribution < -0.4 is 0 Å². The van der Waals surface area contributed by atoms with Gasteiger partial charge in [0.2, 0.25) is 0 Å². The Kier molecular flexibility index (Phi) is 9.94. The zero-order valence-corrected chi connectivity index (χ0v) is 28.2. The van der Waals surface area contributed by atoms with Gasteiger partial charge in [0.05, 0.1) is 0 Å². The number of hydrogen-bond acceptors (Lipinski definition) is 0. The minimum absolute atomic E-state index is 0. The van der Waals surface area contributed by atoms with Gasteiger partial charge in [0, 0.05) is 0 Å². The molecule has 0 heterocycles. The third-order valence-electron chi connectivity index (χ3n) is 9.23. The Morgan fingerprint density at radius 2 is 1.40 bits per heavy atom. The summed E-state index contributed by atoms with van der Waals surface area (Å²) in [6.45, 7) is 19.7. The molecule has 2 aliphatic rings. The molecule has 4 rings (SSSR count). The summed E-state index contributed by atoms with van der Waals surface area (Å²) in [5, 5.41) is 0. The maximum atomic E-state index is 2.57. The Hall–Kier alpha value is -0.660. The third kappa shape index (κ3) is 4.71. The van der Waals surface area contributed by atoms with Gasteiger partial charge in [0.25, 0.3) is 0 Å². The summed E-state index contributed by atoms with van der Waals surface area (Å²) < 4.78 is 5.45. The van der Waals surface area contributed by atoms with Gasteiger partial charge >= 0.3 is 206 Å². The van der Waals surface area contributed by atoms with E-state index in [2.05, 4.69) is 110 Å². The second-order valence-electron chi connectivity index (χ2n) is 11.1. The maximum Gasteiger partial charge on any atom is -0.147 e. The van der Waals surface area contributed by atoms with Crippen LogP contribution in [0.25, 0.3) is 17.2 Å². The summed E-state index contributed by atoms with van der Waals surface area (Å²) in [6, 6.07) is 18.1. The number of halogens is 2. The zero-order valence-electron chi connectivity index (χ0n) is 22.7. The molecule has 0 nitrogen and oxygen atoms in total. The number of allylic oxidation sites excluding steroid dienone is 5. The summed E-state index contributed by atoms with van der Waals surface area (Å²) >= 11 is -3.51. The van der Waals surface area contributed by atoms with Gasteiger partial charge in [-0.1, -0.05) is 0 Å². The van der Waals surface area contributed by atoms with Crippen molar-refractivity contribution in [2.75, 3.05) is 0 Å². The predicted molar refractivity (Wildman–Crippen MR) is 162 cm³/mol. The quantitative estimate of drug-likeness (QED) is 0.275. The molecule has 0 fully saturated rings. The first-order chi connectivity index (χ1) is 15.7. The number of hydrogen-bond donors (Lipinski definition) is 0. The second-order valence-corrected chi connectivity index (χ2v) is 36.7. The predicted octanol–water partition coefficient (Wildman–Crippen LogP) is 9.81. The van der Waals surface area contributed by atoms with E-state index in [1.807, 2.05) is 3.28 Å². The van der Waals surface area contributed by atoms with Crippen molar-refractivity contribution < 1.29 is 17.4 Å². The van der Waals surface area contributed by atoms with Gasteiger partial charge in [-0.25, -0.2) is 0 Å². The van der Waals surface area contributed by atoms with Crippen molar-refractivity contribution in [3.05, 3.63) is 85.2 Å². The van der Waals surface area contributed by atoms with E-state index in [0.717, 1.165) is 0 Å².